The molecule has 0 unspecified atom stereocenters. The minimum absolute atomic E-state index is 0.0829. The normalized spacial score (nSPS) is 13.5. The molecule has 0 aliphatic carbocycles. The minimum Gasteiger partial charge on any atom is -0.445 e. The maximum atomic E-state index is 13.7. The highest BCUT2D eigenvalue weighted by Crippen LogP contribution is 2.33. The van der Waals surface area contributed by atoms with E-state index in [9.17, 15) is 52.7 Å². The summed E-state index contributed by atoms with van der Waals surface area (Å²) in [6.07, 6.45) is 2.16. The van der Waals surface area contributed by atoms with E-state index in [0.717, 1.165) is 10.3 Å². The van der Waals surface area contributed by atoms with Crippen molar-refractivity contribution in [2.24, 2.45) is 17.6 Å². The zero-order valence-corrected chi connectivity index (χ0v) is 58.1. The maximum Gasteiger partial charge on any atom is 0.413 e. The van der Waals surface area contributed by atoms with Gasteiger partial charge < -0.3 is 76.5 Å². The number of hydrogen-bond donors (Lipinski definition) is 10. The predicted molar refractivity (Wildman–Crippen MR) is 368 cm³/mol. The summed E-state index contributed by atoms with van der Waals surface area (Å²) >= 11 is 0. The first-order valence-corrected chi connectivity index (χ1v) is 33.0. The summed E-state index contributed by atoms with van der Waals surface area (Å²) < 4.78 is 30.6. The highest BCUT2D eigenvalue weighted by molar-refractivity contribution is 6.13. The predicted octanol–water partition coefficient (Wildman–Crippen LogP) is 7.08. The fourth-order valence-corrected chi connectivity index (χ4v) is 10.2. The van der Waals surface area contributed by atoms with Crippen molar-refractivity contribution in [3.05, 3.63) is 102 Å². The smallest absolute Gasteiger partial charge is 0.413 e. The number of rotatable bonds is 36. The maximum absolute atomic E-state index is 13.7. The first-order chi connectivity index (χ1) is 46.9. The van der Waals surface area contributed by atoms with Gasteiger partial charge in [0.15, 0.2) is 5.82 Å². The summed E-state index contributed by atoms with van der Waals surface area (Å²) in [7, 11) is 0. The number of imide groups is 1. The molecule has 5 aromatic rings. The number of nitrogens with one attached hydrogen (secondary N) is 9. The lowest BCUT2D eigenvalue weighted by Gasteiger charge is -2.27. The summed E-state index contributed by atoms with van der Waals surface area (Å²) in [5.74, 6) is -3.32. The van der Waals surface area contributed by atoms with E-state index in [1.807, 2.05) is 49.6 Å². The second-order valence-electron chi connectivity index (χ2n) is 26.0. The number of para-hydroxylation sites is 1. The number of amides is 12. The van der Waals surface area contributed by atoms with Crippen molar-refractivity contribution < 1.29 is 76.4 Å². The van der Waals surface area contributed by atoms with Gasteiger partial charge in [0.25, 0.3) is 11.8 Å². The largest absolute Gasteiger partial charge is 0.445 e. The number of aromatic nitrogens is 3. The van der Waals surface area contributed by atoms with Crippen molar-refractivity contribution in [3.63, 3.8) is 0 Å². The van der Waals surface area contributed by atoms with Crippen LogP contribution in [-0.4, -0.2) is 153 Å². The van der Waals surface area contributed by atoms with Crippen LogP contribution in [0.4, 0.5) is 36.4 Å². The molecule has 0 spiro atoms. The first kappa shape index (κ1) is 77.8. The van der Waals surface area contributed by atoms with Crippen LogP contribution in [0.1, 0.15) is 132 Å². The van der Waals surface area contributed by atoms with Crippen LogP contribution in [0.5, 0.6) is 0 Å². The van der Waals surface area contributed by atoms with Crippen molar-refractivity contribution in [2.75, 3.05) is 48.8 Å². The average molecular weight is 1380 g/mol. The van der Waals surface area contributed by atoms with Gasteiger partial charge in [0.2, 0.25) is 29.5 Å². The molecule has 0 radical (unpaired) electrons. The number of pyridine rings is 1. The van der Waals surface area contributed by atoms with Crippen LogP contribution in [0.25, 0.3) is 21.9 Å². The molecule has 3 heterocycles. The fraction of sp³-hybridized carbons (Fsp3) is 0.493. The summed E-state index contributed by atoms with van der Waals surface area (Å²) in [5.41, 5.74) is 7.16. The lowest BCUT2D eigenvalue weighted by molar-refractivity contribution is -0.137. The van der Waals surface area contributed by atoms with Gasteiger partial charge in [-0.2, -0.15) is 0 Å². The number of urea groups is 1. The van der Waals surface area contributed by atoms with Crippen LogP contribution in [-0.2, 0) is 83.6 Å². The number of nitrogens with zero attached hydrogens (tertiary/aromatic N) is 4. The van der Waals surface area contributed by atoms with E-state index in [1.54, 1.807) is 97.0 Å². The molecule has 3 aromatic carbocycles. The highest BCUT2D eigenvalue weighted by Gasteiger charge is 2.32. The Morgan fingerprint density at radius 2 is 1.20 bits per heavy atom. The average Bonchev–Trinajstić information content (AvgIpc) is 1.60. The van der Waals surface area contributed by atoms with Gasteiger partial charge in [-0.3, -0.25) is 43.8 Å². The number of benzene rings is 3. The molecule has 1 aliphatic heterocycles. The van der Waals surface area contributed by atoms with Crippen LogP contribution in [0, 0.1) is 11.8 Å². The molecule has 4 atom stereocenters. The second-order valence-corrected chi connectivity index (χ2v) is 26.0. The van der Waals surface area contributed by atoms with Crippen LogP contribution >= 0.6 is 0 Å². The van der Waals surface area contributed by atoms with Crippen molar-refractivity contribution >= 4 is 105 Å². The molecule has 12 amide bonds. The Kier molecular flexibility index (Phi) is 29.0. The van der Waals surface area contributed by atoms with Gasteiger partial charge in [-0.15, -0.1) is 0 Å². The molecule has 0 fully saturated rings. The van der Waals surface area contributed by atoms with Gasteiger partial charge in [-0.25, -0.2) is 29.1 Å². The van der Waals surface area contributed by atoms with E-state index in [0.29, 0.717) is 70.7 Å². The summed E-state index contributed by atoms with van der Waals surface area (Å²) in [6.45, 7) is 20.3. The number of nitrogens with two attached hydrogens (primary N) is 1. The third-order valence-corrected chi connectivity index (χ3v) is 15.3. The van der Waals surface area contributed by atoms with E-state index >= 15 is 0 Å². The van der Waals surface area contributed by atoms with E-state index in [-0.39, 0.29) is 107 Å². The number of hydrogen-bond acceptors (Lipinski definition) is 18. The van der Waals surface area contributed by atoms with Crippen LogP contribution < -0.4 is 53.6 Å². The van der Waals surface area contributed by atoms with Crippen LogP contribution in [0.15, 0.2) is 84.9 Å². The topological polar surface area (TPSA) is 402 Å². The Labute approximate surface area is 575 Å². The standard InChI is InChI=1S/C69H94N14O16/c1-12-95-39-51-78-57-58(48-19-15-16-20-49(48)76-59(57)81-66(93)97-38-45-23-27-46(28-24-45)74-60(87)43(6)73-62(89)56(42(4)5)80-67(94)99-68(7,8)9)83(51)40-69(10,11)98-36-34-72-65(92)96-37-44-25-29-47(30-26-44)75-61(88)50(21-18-33-71-64(70)91)77-63(90)55(41(2)3)79-52(84)22-14-13-17-35-82-53(85)31-32-54(82)86/h15-16,19-20,23-32,41-43,50,55-56H,12-14,17-18,21-22,33-40H2,1-11H3,(H,72,92)(H,73,89)(H,74,87)(H,75,88)(H,77,90)(H,79,84)(H,80,94)(H3,70,71,91)(H,76,81,93)/t43-,50-,55-,56-/m0/s1. The Balaban J connectivity index is 0.982. The molecule has 6 rings (SSSR count). The van der Waals surface area contributed by atoms with Gasteiger partial charge >= 0.3 is 24.3 Å². The number of carbonyl (C=O) groups is 11. The van der Waals surface area contributed by atoms with E-state index in [2.05, 4.69) is 47.9 Å². The molecule has 2 aromatic heterocycles. The van der Waals surface area contributed by atoms with Gasteiger partial charge in [0.05, 0.1) is 29.8 Å². The van der Waals surface area contributed by atoms with Gasteiger partial charge in [0.1, 0.15) is 60.9 Å². The quantitative estimate of drug-likeness (QED) is 0.0109. The molecule has 30 heteroatoms. The summed E-state index contributed by atoms with van der Waals surface area (Å²) in [6, 6.07) is 15.7. The number of imidazole rings is 1. The fourth-order valence-electron chi connectivity index (χ4n) is 10.2. The molecular formula is C69H94N14O16. The van der Waals surface area contributed by atoms with Crippen LogP contribution in [0.3, 0.4) is 0 Å². The third-order valence-electron chi connectivity index (χ3n) is 15.3. The monoisotopic (exact) mass is 1370 g/mol. The summed E-state index contributed by atoms with van der Waals surface area (Å²) in [5, 5.41) is 25.0. The van der Waals surface area contributed by atoms with Crippen molar-refractivity contribution in [1.82, 2.24) is 51.3 Å². The number of unbranched alkanes of at least 4 members (excludes halogenated alkanes) is 2. The van der Waals surface area contributed by atoms with Crippen molar-refractivity contribution in [1.29, 1.82) is 0 Å². The molecule has 30 nitrogen and oxygen atoms in total. The van der Waals surface area contributed by atoms with Crippen molar-refractivity contribution in [2.45, 2.75) is 176 Å². The number of alkyl carbamates (subject to hydrolysis) is 2. The Hall–Kier alpha value is -10.2. The lowest BCUT2D eigenvalue weighted by atomic mass is 10.0. The number of anilines is 3. The zero-order valence-electron chi connectivity index (χ0n) is 58.1. The third kappa shape index (κ3) is 25.0. The molecule has 99 heavy (non-hydrogen) atoms. The number of ether oxygens (including phenoxy) is 5. The second kappa shape index (κ2) is 36.9. The summed E-state index contributed by atoms with van der Waals surface area (Å²) in [4.78, 5) is 151. The zero-order chi connectivity index (χ0) is 72.6. The van der Waals surface area contributed by atoms with Gasteiger partial charge in [-0.05, 0) is 127 Å². The molecule has 0 bridgehead atoms. The van der Waals surface area contributed by atoms with Gasteiger partial charge in [-0.1, -0.05) is 76.6 Å². The lowest BCUT2D eigenvalue weighted by Crippen LogP contribution is -2.54. The molecule has 11 N–H and O–H groups in total. The highest BCUT2D eigenvalue weighted by atomic mass is 16.6. The Bertz CT molecular complexity index is 3680. The molecular weight excluding hydrogens is 1280 g/mol. The molecule has 536 valence electrons. The van der Waals surface area contributed by atoms with Crippen LogP contribution in [0.2, 0.25) is 0 Å². The van der Waals surface area contributed by atoms with E-state index in [4.69, 9.17) is 39.4 Å². The van der Waals surface area contributed by atoms with Crippen molar-refractivity contribution in [3.8, 4) is 0 Å². The molecule has 0 saturated carbocycles. The first-order valence-electron chi connectivity index (χ1n) is 33.0. The Morgan fingerprint density at radius 3 is 1.81 bits per heavy atom. The number of carbonyl (C=O) groups excluding carboxylic acids is 11. The molecule has 1 aliphatic rings. The van der Waals surface area contributed by atoms with Gasteiger partial charge in [0, 0.05) is 61.6 Å². The number of fused-ring (bicyclic) bond motifs is 3. The Morgan fingerprint density at radius 1 is 0.606 bits per heavy atom. The SMILES string of the molecule is CCOCc1nc2c(NC(=O)OCc3ccc(NC(=O)[C@H](C)NC(=O)[C@@H](NC(=O)OC(C)(C)C)C(C)C)cc3)nc3ccccc3c2n1CC(C)(C)OCCNC(=O)OCc1ccc(NC(=O)[C@H](CCCNC(N)=O)NC(=O)[C@@H](NC(=O)CCCCCN2C(=O)C=CC2=O)C(C)C)cc1. The molecule has 0 saturated heterocycles. The minimum atomic E-state index is -1.08. The number of primary amides is 1. The van der Waals surface area contributed by atoms with E-state index < -0.39 is 83.3 Å². The van der Waals surface area contributed by atoms with E-state index in [1.165, 1.54) is 19.1 Å².